The van der Waals surface area contributed by atoms with Crippen LogP contribution in [0.1, 0.15) is 12.7 Å². The van der Waals surface area contributed by atoms with Gasteiger partial charge in [0.15, 0.2) is 11.0 Å². The lowest BCUT2D eigenvalue weighted by atomic mass is 10.3. The van der Waals surface area contributed by atoms with E-state index in [1.165, 1.54) is 11.8 Å². The van der Waals surface area contributed by atoms with Crippen molar-refractivity contribution in [1.82, 2.24) is 14.8 Å². The van der Waals surface area contributed by atoms with Crippen molar-refractivity contribution in [2.75, 3.05) is 11.1 Å². The second-order valence-corrected chi connectivity index (χ2v) is 8.03. The van der Waals surface area contributed by atoms with E-state index in [0.717, 1.165) is 10.2 Å². The molecular weight excluding hydrogens is 464 g/mol. The first-order valence-corrected chi connectivity index (χ1v) is 10.7. The fraction of sp³-hybridized carbons (Fsp3) is 0.211. The molecule has 0 aliphatic heterocycles. The largest absolute Gasteiger partial charge is 0.486 e. The summed E-state index contributed by atoms with van der Waals surface area (Å²) in [7, 11) is 0. The van der Waals surface area contributed by atoms with Crippen molar-refractivity contribution in [3.8, 4) is 5.75 Å². The van der Waals surface area contributed by atoms with Crippen molar-refractivity contribution < 1.29 is 9.53 Å². The van der Waals surface area contributed by atoms with Crippen molar-refractivity contribution in [3.63, 3.8) is 0 Å². The molecule has 1 heterocycles. The van der Waals surface area contributed by atoms with Crippen molar-refractivity contribution in [2.24, 2.45) is 0 Å². The summed E-state index contributed by atoms with van der Waals surface area (Å²) in [5.41, 5.74) is 0.751. The first-order valence-electron chi connectivity index (χ1n) is 8.54. The zero-order chi connectivity index (χ0) is 19.9. The van der Waals surface area contributed by atoms with Crippen molar-refractivity contribution in [1.29, 1.82) is 0 Å². The maximum atomic E-state index is 12.2. The van der Waals surface area contributed by atoms with Crippen LogP contribution in [0.15, 0.2) is 58.2 Å². The number of hydrogen-bond donors (Lipinski definition) is 1. The van der Waals surface area contributed by atoms with Gasteiger partial charge in [-0.1, -0.05) is 45.4 Å². The number of benzene rings is 2. The topological polar surface area (TPSA) is 69.0 Å². The Balaban J connectivity index is 1.57. The van der Waals surface area contributed by atoms with Gasteiger partial charge < -0.3 is 14.6 Å². The Labute approximate surface area is 180 Å². The lowest BCUT2D eigenvalue weighted by molar-refractivity contribution is -0.113. The minimum Gasteiger partial charge on any atom is -0.486 e. The summed E-state index contributed by atoms with van der Waals surface area (Å²) in [5.74, 6) is 1.50. The monoisotopic (exact) mass is 480 g/mol. The summed E-state index contributed by atoms with van der Waals surface area (Å²) in [4.78, 5) is 12.2. The van der Waals surface area contributed by atoms with E-state index < -0.39 is 0 Å². The van der Waals surface area contributed by atoms with E-state index in [1.54, 1.807) is 12.1 Å². The highest BCUT2D eigenvalue weighted by molar-refractivity contribution is 9.10. The Morgan fingerprint density at radius 3 is 2.75 bits per heavy atom. The van der Waals surface area contributed by atoms with Crippen LogP contribution >= 0.6 is 39.3 Å². The van der Waals surface area contributed by atoms with Gasteiger partial charge in [0.05, 0.1) is 5.75 Å². The molecule has 0 aliphatic rings. The fourth-order valence-corrected chi connectivity index (χ4v) is 3.68. The van der Waals surface area contributed by atoms with Gasteiger partial charge in [-0.2, -0.15) is 0 Å². The van der Waals surface area contributed by atoms with Crippen LogP contribution in [0.2, 0.25) is 5.02 Å². The number of carbonyl (C=O) groups is 1. The molecule has 2 aromatic carbocycles. The zero-order valence-corrected chi connectivity index (χ0v) is 18.2. The Morgan fingerprint density at radius 2 is 2.04 bits per heavy atom. The van der Waals surface area contributed by atoms with Crippen LogP contribution in [-0.2, 0) is 17.9 Å². The summed E-state index contributed by atoms with van der Waals surface area (Å²) < 4.78 is 8.64. The number of ether oxygens (including phenoxy) is 1. The Morgan fingerprint density at radius 1 is 1.25 bits per heavy atom. The van der Waals surface area contributed by atoms with Gasteiger partial charge in [0, 0.05) is 21.7 Å². The third-order valence-electron chi connectivity index (χ3n) is 3.73. The number of aromatic nitrogens is 3. The maximum Gasteiger partial charge on any atom is 0.234 e. The van der Waals surface area contributed by atoms with Gasteiger partial charge in [-0.15, -0.1) is 10.2 Å². The van der Waals surface area contributed by atoms with Gasteiger partial charge in [0.2, 0.25) is 5.91 Å². The number of anilines is 1. The van der Waals surface area contributed by atoms with E-state index in [-0.39, 0.29) is 18.3 Å². The molecule has 0 atom stereocenters. The number of halogens is 2. The molecule has 1 amide bonds. The molecule has 0 radical (unpaired) electrons. The van der Waals surface area contributed by atoms with Gasteiger partial charge in [-0.25, -0.2) is 0 Å². The molecule has 0 saturated carbocycles. The third kappa shape index (κ3) is 5.73. The average Bonchev–Trinajstić information content (AvgIpc) is 3.08. The molecular formula is C19H18BrClN4O2S. The Hall–Kier alpha value is -2.03. The second kappa shape index (κ2) is 9.95. The summed E-state index contributed by atoms with van der Waals surface area (Å²) >= 11 is 10.7. The molecule has 0 unspecified atom stereocenters. The van der Waals surface area contributed by atoms with Crippen molar-refractivity contribution in [2.45, 2.75) is 25.2 Å². The minimum absolute atomic E-state index is 0.102. The maximum absolute atomic E-state index is 12.2. The predicted octanol–water partition coefficient (Wildman–Crippen LogP) is 5.02. The Kier molecular flexibility index (Phi) is 7.36. The summed E-state index contributed by atoms with van der Waals surface area (Å²) in [6, 6.07) is 14.6. The van der Waals surface area contributed by atoms with Crippen molar-refractivity contribution in [3.05, 3.63) is 63.9 Å². The molecule has 28 heavy (non-hydrogen) atoms. The van der Waals surface area contributed by atoms with Crippen LogP contribution in [0.3, 0.4) is 0 Å². The molecule has 0 bridgehead atoms. The number of carbonyl (C=O) groups excluding carboxylic acids is 1. The molecule has 1 aromatic heterocycles. The van der Waals surface area contributed by atoms with Gasteiger partial charge in [-0.05, 0) is 49.4 Å². The van der Waals surface area contributed by atoms with Crippen LogP contribution in [0.25, 0.3) is 0 Å². The van der Waals surface area contributed by atoms with Gasteiger partial charge >= 0.3 is 0 Å². The first kappa shape index (κ1) is 20.7. The molecule has 0 spiro atoms. The van der Waals surface area contributed by atoms with Crippen molar-refractivity contribution >= 4 is 50.9 Å². The van der Waals surface area contributed by atoms with Crippen LogP contribution in [0.4, 0.5) is 5.69 Å². The molecule has 3 aromatic rings. The van der Waals surface area contributed by atoms with E-state index in [0.29, 0.717) is 28.3 Å². The molecule has 0 aliphatic carbocycles. The standard InChI is InChI=1S/C19H18BrClN4O2S/c1-2-25-17(11-27-16-5-3-4-14(21)10-16)23-24-19(25)28-12-18(26)22-15-8-6-13(20)7-9-15/h3-10H,2,11-12H2,1H3,(H,22,26). The number of nitrogens with zero attached hydrogens (tertiary/aromatic N) is 3. The molecule has 0 fully saturated rings. The Bertz CT molecular complexity index is 949. The SMILES string of the molecule is CCn1c(COc2cccc(Cl)c2)nnc1SCC(=O)Nc1ccc(Br)cc1. The number of amides is 1. The van der Waals surface area contributed by atoms with Crippen LogP contribution in [0, 0.1) is 0 Å². The highest BCUT2D eigenvalue weighted by Gasteiger charge is 2.14. The highest BCUT2D eigenvalue weighted by Crippen LogP contribution is 2.21. The fourth-order valence-electron chi connectivity index (χ4n) is 2.42. The number of thioether (sulfide) groups is 1. The molecule has 6 nitrogen and oxygen atoms in total. The van der Waals surface area contributed by atoms with Crippen LogP contribution in [0.5, 0.6) is 5.75 Å². The lowest BCUT2D eigenvalue weighted by Gasteiger charge is -2.09. The zero-order valence-electron chi connectivity index (χ0n) is 15.1. The summed E-state index contributed by atoms with van der Waals surface area (Å²) in [5, 5.41) is 12.5. The van der Waals surface area contributed by atoms with E-state index in [1.807, 2.05) is 47.9 Å². The van der Waals surface area contributed by atoms with Gasteiger partial charge in [-0.3, -0.25) is 4.79 Å². The molecule has 1 N–H and O–H groups in total. The van der Waals surface area contributed by atoms with Gasteiger partial charge in [0.25, 0.3) is 0 Å². The average molecular weight is 482 g/mol. The minimum atomic E-state index is -0.102. The number of nitrogens with one attached hydrogen (secondary N) is 1. The van der Waals surface area contributed by atoms with E-state index in [4.69, 9.17) is 16.3 Å². The molecule has 0 saturated heterocycles. The summed E-state index contributed by atoms with van der Waals surface area (Å²) in [6.45, 7) is 2.95. The molecule has 9 heteroatoms. The van der Waals surface area contributed by atoms with E-state index in [9.17, 15) is 4.79 Å². The van der Waals surface area contributed by atoms with E-state index in [2.05, 4.69) is 31.4 Å². The third-order valence-corrected chi connectivity index (χ3v) is 5.46. The normalized spacial score (nSPS) is 10.7. The first-order chi connectivity index (χ1) is 13.5. The highest BCUT2D eigenvalue weighted by atomic mass is 79.9. The molecule has 3 rings (SSSR count). The predicted molar refractivity (Wildman–Crippen MR) is 115 cm³/mol. The number of rotatable bonds is 8. The van der Waals surface area contributed by atoms with Crippen LogP contribution in [-0.4, -0.2) is 26.4 Å². The van der Waals surface area contributed by atoms with Gasteiger partial charge in [0.1, 0.15) is 12.4 Å². The second-order valence-electron chi connectivity index (χ2n) is 5.73. The summed E-state index contributed by atoms with van der Waals surface area (Å²) in [6.07, 6.45) is 0. The smallest absolute Gasteiger partial charge is 0.234 e. The lowest BCUT2D eigenvalue weighted by Crippen LogP contribution is -2.14. The quantitative estimate of drug-likeness (QED) is 0.457. The number of hydrogen-bond acceptors (Lipinski definition) is 5. The molecule has 146 valence electrons. The van der Waals surface area contributed by atoms with Crippen LogP contribution < -0.4 is 10.1 Å². The van der Waals surface area contributed by atoms with E-state index >= 15 is 0 Å².